The molecule has 6 heteroatoms. The van der Waals surface area contributed by atoms with Crippen molar-refractivity contribution in [2.75, 3.05) is 37.0 Å². The van der Waals surface area contributed by atoms with Crippen LogP contribution in [0.5, 0.6) is 0 Å². The summed E-state index contributed by atoms with van der Waals surface area (Å²) in [5, 5.41) is 2.90. The Morgan fingerprint density at radius 2 is 2.05 bits per heavy atom. The van der Waals surface area contributed by atoms with Crippen LogP contribution >= 0.6 is 0 Å². The molecule has 1 saturated heterocycles. The van der Waals surface area contributed by atoms with Crippen LogP contribution < -0.4 is 16.0 Å². The van der Waals surface area contributed by atoms with E-state index in [-0.39, 0.29) is 24.7 Å². The van der Waals surface area contributed by atoms with E-state index in [1.54, 1.807) is 0 Å². The van der Waals surface area contributed by atoms with Crippen molar-refractivity contribution in [2.45, 2.75) is 32.1 Å². The maximum Gasteiger partial charge on any atom is 0.243 e. The lowest BCUT2D eigenvalue weighted by atomic mass is 10.1. The summed E-state index contributed by atoms with van der Waals surface area (Å²) in [6.45, 7) is 5.89. The van der Waals surface area contributed by atoms with Gasteiger partial charge < -0.3 is 25.4 Å². The number of carbonyl (C=O) groups is 1. The van der Waals surface area contributed by atoms with Gasteiger partial charge >= 0.3 is 0 Å². The molecule has 0 spiro atoms. The van der Waals surface area contributed by atoms with E-state index in [0.717, 1.165) is 24.5 Å². The number of carbonyl (C=O) groups excluding carboxylic acids is 1. The summed E-state index contributed by atoms with van der Waals surface area (Å²) in [6.07, 6.45) is 0.312. The molecule has 3 atom stereocenters. The van der Waals surface area contributed by atoms with Gasteiger partial charge in [0.05, 0.1) is 30.2 Å². The zero-order chi connectivity index (χ0) is 16.1. The quantitative estimate of drug-likeness (QED) is 0.855. The molecular formula is C16H25N3O3. The highest BCUT2D eigenvalue weighted by molar-refractivity contribution is 5.97. The summed E-state index contributed by atoms with van der Waals surface area (Å²) in [4.78, 5) is 14.3. The molecule has 3 unspecified atom stereocenters. The molecule has 2 rings (SSSR count). The minimum atomic E-state index is -0.680. The molecule has 1 aliphatic rings. The molecule has 0 aromatic heterocycles. The number of ether oxygens (including phenoxy) is 2. The minimum absolute atomic E-state index is 0.156. The lowest BCUT2D eigenvalue weighted by Gasteiger charge is -2.37. The SMILES string of the molecule is COCC(N)C(=O)Nc1ccccc1N1CC(C)OC(C)C1. The standard InChI is InChI=1S/C16H25N3O3/c1-11-8-19(9-12(2)22-11)15-7-5-4-6-14(15)18-16(20)13(17)10-21-3/h4-7,11-13H,8-10,17H2,1-3H3,(H,18,20). The Balaban J connectivity index is 2.14. The number of hydrogen-bond acceptors (Lipinski definition) is 5. The number of benzene rings is 1. The number of para-hydroxylation sites is 2. The topological polar surface area (TPSA) is 76.8 Å². The fourth-order valence-corrected chi connectivity index (χ4v) is 2.71. The lowest BCUT2D eigenvalue weighted by Crippen LogP contribution is -2.46. The van der Waals surface area contributed by atoms with Crippen LogP contribution in [-0.2, 0) is 14.3 Å². The Kier molecular flexibility index (Phi) is 5.76. The van der Waals surface area contributed by atoms with Crippen molar-refractivity contribution in [2.24, 2.45) is 5.73 Å². The van der Waals surface area contributed by atoms with Gasteiger partial charge in [-0.15, -0.1) is 0 Å². The smallest absolute Gasteiger partial charge is 0.243 e. The number of nitrogens with one attached hydrogen (secondary N) is 1. The highest BCUT2D eigenvalue weighted by atomic mass is 16.5. The highest BCUT2D eigenvalue weighted by Crippen LogP contribution is 2.28. The third kappa shape index (κ3) is 4.19. The van der Waals surface area contributed by atoms with E-state index in [0.29, 0.717) is 0 Å². The fourth-order valence-electron chi connectivity index (χ4n) is 2.71. The third-order valence-electron chi connectivity index (χ3n) is 3.61. The fraction of sp³-hybridized carbons (Fsp3) is 0.562. The summed E-state index contributed by atoms with van der Waals surface area (Å²) in [6, 6.07) is 7.07. The molecule has 1 aliphatic heterocycles. The zero-order valence-corrected chi connectivity index (χ0v) is 13.4. The molecule has 1 amide bonds. The number of anilines is 2. The van der Waals surface area contributed by atoms with Crippen LogP contribution in [0.3, 0.4) is 0 Å². The van der Waals surface area contributed by atoms with Gasteiger partial charge in [-0.3, -0.25) is 4.79 Å². The van der Waals surface area contributed by atoms with Crippen LogP contribution in [0.4, 0.5) is 11.4 Å². The molecule has 1 aromatic rings. The molecule has 0 radical (unpaired) electrons. The maximum atomic E-state index is 12.1. The van der Waals surface area contributed by atoms with Crippen molar-refractivity contribution in [3.63, 3.8) is 0 Å². The molecule has 0 aliphatic carbocycles. The van der Waals surface area contributed by atoms with Crippen molar-refractivity contribution < 1.29 is 14.3 Å². The van der Waals surface area contributed by atoms with Crippen molar-refractivity contribution in [3.05, 3.63) is 24.3 Å². The first-order valence-corrected chi connectivity index (χ1v) is 7.56. The van der Waals surface area contributed by atoms with E-state index >= 15 is 0 Å². The molecule has 0 bridgehead atoms. The molecule has 3 N–H and O–H groups in total. The van der Waals surface area contributed by atoms with E-state index in [4.69, 9.17) is 15.2 Å². The number of morpholine rings is 1. The highest BCUT2D eigenvalue weighted by Gasteiger charge is 2.24. The number of nitrogens with two attached hydrogens (primary N) is 1. The molecule has 1 heterocycles. The van der Waals surface area contributed by atoms with Gasteiger partial charge in [-0.1, -0.05) is 12.1 Å². The van der Waals surface area contributed by atoms with E-state index in [1.807, 2.05) is 24.3 Å². The van der Waals surface area contributed by atoms with Gasteiger partial charge in [-0.25, -0.2) is 0 Å². The molecular weight excluding hydrogens is 282 g/mol. The van der Waals surface area contributed by atoms with Crippen LogP contribution in [0.1, 0.15) is 13.8 Å². The molecule has 0 saturated carbocycles. The first-order chi connectivity index (χ1) is 10.5. The van der Waals surface area contributed by atoms with Crippen LogP contribution in [0, 0.1) is 0 Å². The van der Waals surface area contributed by atoms with Gasteiger partial charge in [-0.2, -0.15) is 0 Å². The van der Waals surface area contributed by atoms with Crippen LogP contribution in [0.2, 0.25) is 0 Å². The second-order valence-electron chi connectivity index (χ2n) is 5.73. The van der Waals surface area contributed by atoms with Crippen LogP contribution in [0.25, 0.3) is 0 Å². The summed E-state index contributed by atoms with van der Waals surface area (Å²) in [5.74, 6) is -0.247. The summed E-state index contributed by atoms with van der Waals surface area (Å²) in [5.41, 5.74) is 7.53. The Morgan fingerprint density at radius 3 is 2.68 bits per heavy atom. The molecule has 122 valence electrons. The molecule has 22 heavy (non-hydrogen) atoms. The zero-order valence-electron chi connectivity index (χ0n) is 13.4. The average molecular weight is 307 g/mol. The lowest BCUT2D eigenvalue weighted by molar-refractivity contribution is -0.118. The summed E-state index contributed by atoms with van der Waals surface area (Å²) < 4.78 is 10.7. The van der Waals surface area contributed by atoms with Gasteiger partial charge in [0.1, 0.15) is 6.04 Å². The number of amides is 1. The van der Waals surface area contributed by atoms with Gasteiger partial charge in [0.2, 0.25) is 5.91 Å². The van der Waals surface area contributed by atoms with Crippen molar-refractivity contribution >= 4 is 17.3 Å². The van der Waals surface area contributed by atoms with Crippen molar-refractivity contribution in [1.82, 2.24) is 0 Å². The Bertz CT molecular complexity index is 499. The van der Waals surface area contributed by atoms with Gasteiger partial charge in [-0.05, 0) is 26.0 Å². The first-order valence-electron chi connectivity index (χ1n) is 7.56. The Morgan fingerprint density at radius 1 is 1.41 bits per heavy atom. The largest absolute Gasteiger partial charge is 0.383 e. The minimum Gasteiger partial charge on any atom is -0.383 e. The summed E-state index contributed by atoms with van der Waals surface area (Å²) in [7, 11) is 1.53. The van der Waals surface area contributed by atoms with Gasteiger partial charge in [0.25, 0.3) is 0 Å². The number of methoxy groups -OCH3 is 1. The first kappa shape index (κ1) is 16.7. The predicted molar refractivity (Wildman–Crippen MR) is 87.1 cm³/mol. The van der Waals surface area contributed by atoms with Gasteiger partial charge in [0, 0.05) is 20.2 Å². The monoisotopic (exact) mass is 307 g/mol. The van der Waals surface area contributed by atoms with E-state index < -0.39 is 6.04 Å². The number of hydrogen-bond donors (Lipinski definition) is 2. The Hall–Kier alpha value is -1.63. The summed E-state index contributed by atoms with van der Waals surface area (Å²) >= 11 is 0. The van der Waals surface area contributed by atoms with E-state index in [9.17, 15) is 4.79 Å². The van der Waals surface area contributed by atoms with Gasteiger partial charge in [0.15, 0.2) is 0 Å². The molecule has 1 fully saturated rings. The van der Waals surface area contributed by atoms with Crippen LogP contribution in [-0.4, -0.2) is 51.0 Å². The predicted octanol–water partition coefficient (Wildman–Crippen LogP) is 1.21. The van der Waals surface area contributed by atoms with Crippen molar-refractivity contribution in [1.29, 1.82) is 0 Å². The Labute approximate surface area is 131 Å². The maximum absolute atomic E-state index is 12.1. The second kappa shape index (κ2) is 7.58. The third-order valence-corrected chi connectivity index (χ3v) is 3.61. The van der Waals surface area contributed by atoms with Crippen molar-refractivity contribution in [3.8, 4) is 0 Å². The average Bonchev–Trinajstić information content (AvgIpc) is 2.47. The second-order valence-corrected chi connectivity index (χ2v) is 5.73. The number of nitrogens with zero attached hydrogens (tertiary/aromatic N) is 1. The number of rotatable bonds is 5. The van der Waals surface area contributed by atoms with Crippen LogP contribution in [0.15, 0.2) is 24.3 Å². The molecule has 1 aromatic carbocycles. The van der Waals surface area contributed by atoms with E-state index in [2.05, 4.69) is 24.1 Å². The normalized spacial score (nSPS) is 23.2. The molecule has 6 nitrogen and oxygen atoms in total. The van der Waals surface area contributed by atoms with E-state index in [1.165, 1.54) is 7.11 Å².